The summed E-state index contributed by atoms with van der Waals surface area (Å²) in [5.41, 5.74) is 8.41. The number of aryl methyl sites for hydroxylation is 2. The lowest BCUT2D eigenvalue weighted by Crippen LogP contribution is -2.17. The molecule has 0 atom stereocenters. The van der Waals surface area contributed by atoms with E-state index in [9.17, 15) is 15.3 Å². The molecule has 0 saturated carbocycles. The normalized spacial score (nSPS) is 10.2. The Morgan fingerprint density at radius 1 is 1.20 bits per heavy atom. The van der Waals surface area contributed by atoms with Crippen LogP contribution < -0.4 is 11.3 Å². The topological polar surface area (TPSA) is 124 Å². The Morgan fingerprint density at radius 2 is 1.92 bits per heavy atom. The highest BCUT2D eigenvalue weighted by Crippen LogP contribution is 2.35. The molecule has 3 aromatic rings. The summed E-state index contributed by atoms with van der Waals surface area (Å²) in [5.74, 6) is -0.0629. The van der Waals surface area contributed by atoms with E-state index in [1.807, 2.05) is 38.1 Å². The molecule has 2 aromatic heterocycles. The first-order chi connectivity index (χ1) is 12.0. The molecule has 122 valence electrons. The molecule has 0 fully saturated rings. The van der Waals surface area contributed by atoms with Gasteiger partial charge in [-0.05, 0) is 31.5 Å². The molecular formula is C18H14N6O. The molecule has 0 spiro atoms. The van der Waals surface area contributed by atoms with Crippen LogP contribution >= 0.6 is 0 Å². The van der Waals surface area contributed by atoms with Gasteiger partial charge in [-0.3, -0.25) is 4.79 Å². The van der Waals surface area contributed by atoms with Crippen LogP contribution in [0.15, 0.2) is 35.4 Å². The summed E-state index contributed by atoms with van der Waals surface area (Å²) in [6.45, 7) is 3.81. The van der Waals surface area contributed by atoms with E-state index >= 15 is 0 Å². The number of aromatic nitrogens is 3. The maximum atomic E-state index is 12.2. The van der Waals surface area contributed by atoms with Crippen molar-refractivity contribution in [1.29, 1.82) is 10.5 Å². The van der Waals surface area contributed by atoms with Crippen molar-refractivity contribution in [2.45, 2.75) is 13.8 Å². The van der Waals surface area contributed by atoms with Gasteiger partial charge in [-0.2, -0.15) is 15.6 Å². The number of benzene rings is 1. The molecule has 3 rings (SSSR count). The van der Waals surface area contributed by atoms with Gasteiger partial charge in [-0.1, -0.05) is 11.6 Å². The molecule has 7 heteroatoms. The van der Waals surface area contributed by atoms with Crippen molar-refractivity contribution in [3.8, 4) is 29.0 Å². The molecule has 25 heavy (non-hydrogen) atoms. The number of nitriles is 2. The van der Waals surface area contributed by atoms with Crippen molar-refractivity contribution in [1.82, 2.24) is 14.8 Å². The number of hydrogen-bond donors (Lipinski definition) is 2. The van der Waals surface area contributed by atoms with Crippen LogP contribution in [0, 0.1) is 36.5 Å². The minimum atomic E-state index is -0.625. The van der Waals surface area contributed by atoms with Gasteiger partial charge in [0.15, 0.2) is 0 Å². The molecule has 0 aliphatic heterocycles. The Labute approximate surface area is 143 Å². The molecule has 0 unspecified atom stereocenters. The van der Waals surface area contributed by atoms with Crippen LogP contribution in [0.1, 0.15) is 22.3 Å². The number of nitrogen functional groups attached to an aromatic ring is 1. The molecule has 0 amide bonds. The molecule has 2 heterocycles. The minimum absolute atomic E-state index is 0.0629. The number of aromatic amines is 1. The van der Waals surface area contributed by atoms with E-state index in [-0.39, 0.29) is 22.5 Å². The largest absolute Gasteiger partial charge is 0.384 e. The zero-order chi connectivity index (χ0) is 18.1. The fourth-order valence-corrected chi connectivity index (χ4v) is 2.97. The Kier molecular flexibility index (Phi) is 3.84. The summed E-state index contributed by atoms with van der Waals surface area (Å²) in [6.07, 6.45) is 3.39. The fraction of sp³-hybridized carbons (Fsp3) is 0.111. The predicted octanol–water partition coefficient (Wildman–Crippen LogP) is 2.17. The van der Waals surface area contributed by atoms with Gasteiger partial charge >= 0.3 is 0 Å². The third-order valence-corrected chi connectivity index (χ3v) is 3.92. The van der Waals surface area contributed by atoms with Gasteiger partial charge in [0.1, 0.15) is 29.1 Å². The van der Waals surface area contributed by atoms with Gasteiger partial charge in [0, 0.05) is 23.5 Å². The summed E-state index contributed by atoms with van der Waals surface area (Å²) in [4.78, 5) is 14.6. The highest BCUT2D eigenvalue weighted by Gasteiger charge is 2.22. The minimum Gasteiger partial charge on any atom is -0.384 e. The van der Waals surface area contributed by atoms with Crippen LogP contribution in [0.5, 0.6) is 0 Å². The number of hydrogen-bond acceptors (Lipinski definition) is 5. The Bertz CT molecular complexity index is 1110. The van der Waals surface area contributed by atoms with Crippen LogP contribution in [0.3, 0.4) is 0 Å². The molecule has 3 N–H and O–H groups in total. The van der Waals surface area contributed by atoms with E-state index in [2.05, 4.69) is 10.1 Å². The quantitative estimate of drug-likeness (QED) is 0.745. The lowest BCUT2D eigenvalue weighted by Gasteiger charge is -2.17. The van der Waals surface area contributed by atoms with E-state index in [0.29, 0.717) is 11.3 Å². The summed E-state index contributed by atoms with van der Waals surface area (Å²) >= 11 is 0. The summed E-state index contributed by atoms with van der Waals surface area (Å²) < 4.78 is 1.64. The standard InChI is InChI=1S/C18H14N6O/c1-10-6-11(2)16(24-5-3-4-22-24)12(7-10)15-13(8-19)17(21)23-18(25)14(15)9-20/h3-7H,1-2H3,(H3,21,23,25). The van der Waals surface area contributed by atoms with Gasteiger partial charge < -0.3 is 10.7 Å². The first-order valence-corrected chi connectivity index (χ1v) is 7.45. The average Bonchev–Trinajstić information content (AvgIpc) is 3.07. The molecule has 0 aliphatic carbocycles. The number of nitrogens with two attached hydrogens (primary N) is 1. The maximum Gasteiger partial charge on any atom is 0.268 e. The molecular weight excluding hydrogens is 316 g/mol. The van der Waals surface area contributed by atoms with Gasteiger partial charge in [0.05, 0.1) is 5.69 Å². The second-order valence-corrected chi connectivity index (χ2v) is 5.65. The number of nitrogens with one attached hydrogen (secondary N) is 1. The Balaban J connectivity index is 2.54. The second kappa shape index (κ2) is 5.99. The first-order valence-electron chi connectivity index (χ1n) is 7.45. The third kappa shape index (κ3) is 2.54. The highest BCUT2D eigenvalue weighted by atomic mass is 16.1. The molecule has 7 nitrogen and oxygen atoms in total. The smallest absolute Gasteiger partial charge is 0.268 e. The van der Waals surface area contributed by atoms with Crippen LogP contribution in [-0.2, 0) is 0 Å². The number of H-pyrrole nitrogens is 1. The zero-order valence-corrected chi connectivity index (χ0v) is 13.7. The van der Waals surface area contributed by atoms with Gasteiger partial charge in [0.25, 0.3) is 5.56 Å². The third-order valence-electron chi connectivity index (χ3n) is 3.92. The van der Waals surface area contributed by atoms with Crippen LogP contribution in [-0.4, -0.2) is 14.8 Å². The summed E-state index contributed by atoms with van der Waals surface area (Å²) in [6, 6.07) is 9.45. The zero-order valence-electron chi connectivity index (χ0n) is 13.7. The average molecular weight is 330 g/mol. The van der Waals surface area contributed by atoms with Crippen LogP contribution in [0.25, 0.3) is 16.8 Å². The van der Waals surface area contributed by atoms with E-state index < -0.39 is 5.56 Å². The van der Waals surface area contributed by atoms with Gasteiger partial charge in [-0.25, -0.2) is 4.68 Å². The SMILES string of the molecule is Cc1cc(C)c(-n2cccn2)c(-c2c(C#N)c(N)[nH]c(=O)c2C#N)c1. The van der Waals surface area contributed by atoms with Crippen molar-refractivity contribution >= 4 is 5.82 Å². The molecule has 1 aromatic carbocycles. The van der Waals surface area contributed by atoms with Crippen molar-refractivity contribution in [3.05, 3.63) is 63.2 Å². The molecule has 0 aliphatic rings. The fourth-order valence-electron chi connectivity index (χ4n) is 2.97. The van der Waals surface area contributed by atoms with E-state index in [1.165, 1.54) is 0 Å². The maximum absolute atomic E-state index is 12.2. The van der Waals surface area contributed by atoms with E-state index in [1.54, 1.807) is 23.1 Å². The number of nitrogens with zero attached hydrogens (tertiary/aromatic N) is 4. The first kappa shape index (κ1) is 16.0. The molecule has 0 radical (unpaired) electrons. The highest BCUT2D eigenvalue weighted by molar-refractivity contribution is 5.86. The van der Waals surface area contributed by atoms with Crippen molar-refractivity contribution in [3.63, 3.8) is 0 Å². The van der Waals surface area contributed by atoms with Crippen molar-refractivity contribution in [2.75, 3.05) is 5.73 Å². The van der Waals surface area contributed by atoms with Gasteiger partial charge in [0.2, 0.25) is 0 Å². The van der Waals surface area contributed by atoms with Crippen LogP contribution in [0.4, 0.5) is 5.82 Å². The molecule has 0 saturated heterocycles. The van der Waals surface area contributed by atoms with E-state index in [4.69, 9.17) is 5.73 Å². The van der Waals surface area contributed by atoms with Gasteiger partial charge in [-0.15, -0.1) is 0 Å². The lowest BCUT2D eigenvalue weighted by molar-refractivity contribution is 0.873. The lowest BCUT2D eigenvalue weighted by atomic mass is 9.92. The van der Waals surface area contributed by atoms with Crippen molar-refractivity contribution in [2.24, 2.45) is 0 Å². The number of pyridine rings is 1. The van der Waals surface area contributed by atoms with Crippen molar-refractivity contribution < 1.29 is 0 Å². The molecule has 0 bridgehead atoms. The second-order valence-electron chi connectivity index (χ2n) is 5.65. The summed E-state index contributed by atoms with van der Waals surface area (Å²) in [5, 5.41) is 23.3. The monoisotopic (exact) mass is 330 g/mol. The summed E-state index contributed by atoms with van der Waals surface area (Å²) in [7, 11) is 0. The van der Waals surface area contributed by atoms with Crippen LogP contribution in [0.2, 0.25) is 0 Å². The number of rotatable bonds is 2. The predicted molar refractivity (Wildman–Crippen MR) is 92.9 cm³/mol. The Hall–Kier alpha value is -3.84. The Morgan fingerprint density at radius 3 is 2.52 bits per heavy atom. The number of anilines is 1. The van der Waals surface area contributed by atoms with E-state index in [0.717, 1.165) is 11.1 Å².